The molecule has 0 atom stereocenters. The van der Waals surface area contributed by atoms with Gasteiger partial charge in [0.15, 0.2) is 5.82 Å². The van der Waals surface area contributed by atoms with Crippen LogP contribution in [0.3, 0.4) is 0 Å². The van der Waals surface area contributed by atoms with Crippen molar-refractivity contribution < 1.29 is 4.74 Å². The number of methoxy groups -OCH3 is 1. The SMILES string of the molecule is COc1ccccc1CNc1cnnc(NCc2ccccc2C)n1. The van der Waals surface area contributed by atoms with Gasteiger partial charge in [-0.15, -0.1) is 5.10 Å². The van der Waals surface area contributed by atoms with E-state index in [2.05, 4.69) is 44.9 Å². The summed E-state index contributed by atoms with van der Waals surface area (Å²) in [5.41, 5.74) is 3.49. The minimum atomic E-state index is 0.494. The van der Waals surface area contributed by atoms with Crippen molar-refractivity contribution in [3.8, 4) is 5.75 Å². The number of ether oxygens (including phenoxy) is 1. The maximum atomic E-state index is 5.36. The van der Waals surface area contributed by atoms with Gasteiger partial charge in [0.2, 0.25) is 5.95 Å². The van der Waals surface area contributed by atoms with E-state index in [-0.39, 0.29) is 0 Å². The molecular weight excluding hydrogens is 314 g/mol. The fraction of sp³-hybridized carbons (Fsp3) is 0.211. The minimum Gasteiger partial charge on any atom is -0.496 e. The van der Waals surface area contributed by atoms with E-state index in [1.165, 1.54) is 11.1 Å². The number of nitrogens with one attached hydrogen (secondary N) is 2. The Bertz CT molecular complexity index is 837. The topological polar surface area (TPSA) is 72.0 Å². The highest BCUT2D eigenvalue weighted by atomic mass is 16.5. The number of aromatic nitrogens is 3. The Morgan fingerprint density at radius 3 is 2.44 bits per heavy atom. The van der Waals surface area contributed by atoms with Crippen LogP contribution in [0.5, 0.6) is 5.75 Å². The number of hydrogen-bond donors (Lipinski definition) is 2. The van der Waals surface area contributed by atoms with Gasteiger partial charge in [0, 0.05) is 18.7 Å². The zero-order valence-electron chi connectivity index (χ0n) is 14.4. The highest BCUT2D eigenvalue weighted by molar-refractivity contribution is 5.41. The molecule has 3 aromatic rings. The molecule has 0 saturated carbocycles. The molecule has 0 unspecified atom stereocenters. The van der Waals surface area contributed by atoms with Gasteiger partial charge in [0.05, 0.1) is 13.3 Å². The van der Waals surface area contributed by atoms with Gasteiger partial charge >= 0.3 is 0 Å². The van der Waals surface area contributed by atoms with Gasteiger partial charge in [-0.05, 0) is 24.1 Å². The van der Waals surface area contributed by atoms with Crippen LogP contribution in [0.15, 0.2) is 54.7 Å². The van der Waals surface area contributed by atoms with Gasteiger partial charge in [0.1, 0.15) is 5.75 Å². The molecule has 0 aliphatic rings. The van der Waals surface area contributed by atoms with Crippen LogP contribution in [0, 0.1) is 6.92 Å². The quantitative estimate of drug-likeness (QED) is 0.689. The van der Waals surface area contributed by atoms with Crippen LogP contribution in [0.4, 0.5) is 11.8 Å². The summed E-state index contributed by atoms with van der Waals surface area (Å²) in [6.07, 6.45) is 1.61. The molecule has 1 aromatic heterocycles. The lowest BCUT2D eigenvalue weighted by molar-refractivity contribution is 0.410. The monoisotopic (exact) mass is 335 g/mol. The zero-order chi connectivity index (χ0) is 17.5. The van der Waals surface area contributed by atoms with Gasteiger partial charge in [-0.1, -0.05) is 42.5 Å². The largest absolute Gasteiger partial charge is 0.496 e. The Kier molecular flexibility index (Phi) is 5.41. The van der Waals surface area contributed by atoms with Crippen molar-refractivity contribution in [2.24, 2.45) is 0 Å². The van der Waals surface area contributed by atoms with E-state index in [9.17, 15) is 0 Å². The molecule has 0 aliphatic carbocycles. The number of anilines is 2. The van der Waals surface area contributed by atoms with Crippen LogP contribution in [-0.2, 0) is 13.1 Å². The second-order valence-electron chi connectivity index (χ2n) is 5.61. The summed E-state index contributed by atoms with van der Waals surface area (Å²) in [5, 5.41) is 14.5. The molecule has 0 saturated heterocycles. The normalized spacial score (nSPS) is 10.3. The first-order chi connectivity index (χ1) is 12.3. The first-order valence-electron chi connectivity index (χ1n) is 8.10. The fourth-order valence-corrected chi connectivity index (χ4v) is 2.48. The molecular formula is C19H21N5O. The van der Waals surface area contributed by atoms with E-state index in [1.54, 1.807) is 13.3 Å². The smallest absolute Gasteiger partial charge is 0.244 e. The highest BCUT2D eigenvalue weighted by Gasteiger charge is 2.04. The average molecular weight is 335 g/mol. The molecule has 25 heavy (non-hydrogen) atoms. The molecule has 6 heteroatoms. The summed E-state index contributed by atoms with van der Waals surface area (Å²) < 4.78 is 5.36. The van der Waals surface area contributed by atoms with Crippen molar-refractivity contribution in [1.82, 2.24) is 15.2 Å². The van der Waals surface area contributed by atoms with Gasteiger partial charge in [-0.2, -0.15) is 10.1 Å². The van der Waals surface area contributed by atoms with E-state index >= 15 is 0 Å². The van der Waals surface area contributed by atoms with Crippen LogP contribution in [0.25, 0.3) is 0 Å². The van der Waals surface area contributed by atoms with Crippen molar-refractivity contribution >= 4 is 11.8 Å². The van der Waals surface area contributed by atoms with E-state index in [0.29, 0.717) is 24.9 Å². The lowest BCUT2D eigenvalue weighted by Crippen LogP contribution is -2.09. The standard InChI is InChI=1S/C19H21N5O/c1-14-7-3-4-8-15(14)11-21-19-23-18(13-22-24-19)20-12-16-9-5-6-10-17(16)25-2/h3-10,13H,11-12H2,1-2H3,(H2,20,21,23,24). The van der Waals surface area contributed by atoms with E-state index in [0.717, 1.165) is 11.3 Å². The summed E-state index contributed by atoms with van der Waals surface area (Å²) >= 11 is 0. The van der Waals surface area contributed by atoms with Crippen LogP contribution in [0.1, 0.15) is 16.7 Å². The molecule has 128 valence electrons. The van der Waals surface area contributed by atoms with Crippen LogP contribution in [-0.4, -0.2) is 22.3 Å². The molecule has 0 bridgehead atoms. The van der Waals surface area contributed by atoms with Crippen molar-refractivity contribution in [3.05, 3.63) is 71.4 Å². The van der Waals surface area contributed by atoms with Gasteiger partial charge < -0.3 is 15.4 Å². The van der Waals surface area contributed by atoms with E-state index in [1.807, 2.05) is 36.4 Å². The molecule has 0 amide bonds. The summed E-state index contributed by atoms with van der Waals surface area (Å²) in [6, 6.07) is 16.1. The summed E-state index contributed by atoms with van der Waals surface area (Å²) in [5.74, 6) is 2.00. The predicted octanol–water partition coefficient (Wildman–Crippen LogP) is 3.41. The first-order valence-corrected chi connectivity index (χ1v) is 8.10. The van der Waals surface area contributed by atoms with E-state index < -0.39 is 0 Å². The second kappa shape index (κ2) is 8.10. The number of benzene rings is 2. The minimum absolute atomic E-state index is 0.494. The Labute approximate surface area is 147 Å². The first kappa shape index (κ1) is 16.7. The van der Waals surface area contributed by atoms with Crippen molar-refractivity contribution in [1.29, 1.82) is 0 Å². The molecule has 3 rings (SSSR count). The molecule has 0 spiro atoms. The third-order valence-electron chi connectivity index (χ3n) is 3.91. The van der Waals surface area contributed by atoms with Crippen LogP contribution >= 0.6 is 0 Å². The fourth-order valence-electron chi connectivity index (χ4n) is 2.48. The third-order valence-corrected chi connectivity index (χ3v) is 3.91. The van der Waals surface area contributed by atoms with Gasteiger partial charge in [-0.25, -0.2) is 0 Å². The Morgan fingerprint density at radius 2 is 1.64 bits per heavy atom. The molecule has 1 heterocycles. The predicted molar refractivity (Wildman–Crippen MR) is 98.7 cm³/mol. The summed E-state index contributed by atoms with van der Waals surface area (Å²) in [4.78, 5) is 4.45. The number of para-hydroxylation sites is 1. The Morgan fingerprint density at radius 1 is 0.920 bits per heavy atom. The molecule has 0 fully saturated rings. The average Bonchev–Trinajstić information content (AvgIpc) is 2.66. The van der Waals surface area contributed by atoms with Crippen LogP contribution < -0.4 is 15.4 Å². The van der Waals surface area contributed by atoms with Gasteiger partial charge in [-0.3, -0.25) is 0 Å². The summed E-state index contributed by atoms with van der Waals surface area (Å²) in [7, 11) is 1.67. The Balaban J connectivity index is 1.62. The second-order valence-corrected chi connectivity index (χ2v) is 5.61. The molecule has 2 aromatic carbocycles. The van der Waals surface area contributed by atoms with Crippen molar-refractivity contribution in [2.45, 2.75) is 20.0 Å². The van der Waals surface area contributed by atoms with Crippen LogP contribution in [0.2, 0.25) is 0 Å². The van der Waals surface area contributed by atoms with Crippen molar-refractivity contribution in [2.75, 3.05) is 17.7 Å². The lowest BCUT2D eigenvalue weighted by atomic mass is 10.1. The molecule has 0 radical (unpaired) electrons. The molecule has 2 N–H and O–H groups in total. The number of aryl methyl sites for hydroxylation is 1. The third kappa shape index (κ3) is 4.44. The lowest BCUT2D eigenvalue weighted by Gasteiger charge is -2.11. The summed E-state index contributed by atoms with van der Waals surface area (Å²) in [6.45, 7) is 3.34. The molecule has 6 nitrogen and oxygen atoms in total. The number of nitrogens with zero attached hydrogens (tertiary/aromatic N) is 3. The maximum Gasteiger partial charge on any atom is 0.244 e. The number of hydrogen-bond acceptors (Lipinski definition) is 6. The maximum absolute atomic E-state index is 5.36. The van der Waals surface area contributed by atoms with E-state index in [4.69, 9.17) is 4.74 Å². The Hall–Kier alpha value is -3.15. The van der Waals surface area contributed by atoms with Gasteiger partial charge in [0.25, 0.3) is 0 Å². The zero-order valence-corrected chi connectivity index (χ0v) is 14.4. The number of rotatable bonds is 7. The molecule has 0 aliphatic heterocycles. The highest BCUT2D eigenvalue weighted by Crippen LogP contribution is 2.18. The van der Waals surface area contributed by atoms with Crippen molar-refractivity contribution in [3.63, 3.8) is 0 Å².